The molecular formula is C14H25N3O3S. The van der Waals surface area contributed by atoms with E-state index in [0.29, 0.717) is 12.4 Å². The van der Waals surface area contributed by atoms with Crippen LogP contribution in [0.4, 0.5) is 0 Å². The Morgan fingerprint density at radius 3 is 3.00 bits per heavy atom. The van der Waals surface area contributed by atoms with E-state index in [-0.39, 0.29) is 5.92 Å². The first kappa shape index (κ1) is 16.5. The fraction of sp³-hybridized carbons (Fsp3) is 0.786. The average Bonchev–Trinajstić information content (AvgIpc) is 2.82. The van der Waals surface area contributed by atoms with Crippen molar-refractivity contribution < 1.29 is 13.2 Å². The second kappa shape index (κ2) is 7.38. The number of hydrogen-bond donors (Lipinski definition) is 0. The van der Waals surface area contributed by atoms with Gasteiger partial charge in [-0.15, -0.1) is 0 Å². The molecule has 2 heterocycles. The van der Waals surface area contributed by atoms with Crippen LogP contribution in [0.5, 0.6) is 0 Å². The van der Waals surface area contributed by atoms with Crippen molar-refractivity contribution in [3.8, 4) is 0 Å². The molecule has 1 aromatic heterocycles. The molecule has 1 aromatic rings. The Morgan fingerprint density at radius 2 is 2.29 bits per heavy atom. The number of imidazole rings is 1. The summed E-state index contributed by atoms with van der Waals surface area (Å²) in [6, 6.07) is 0. The van der Waals surface area contributed by atoms with E-state index < -0.39 is 9.84 Å². The summed E-state index contributed by atoms with van der Waals surface area (Å²) < 4.78 is 30.1. The molecule has 1 saturated heterocycles. The van der Waals surface area contributed by atoms with Crippen LogP contribution in [-0.2, 0) is 27.7 Å². The minimum atomic E-state index is -2.89. The van der Waals surface area contributed by atoms with Gasteiger partial charge < -0.3 is 9.30 Å². The van der Waals surface area contributed by atoms with Gasteiger partial charge in [-0.25, -0.2) is 13.4 Å². The molecule has 1 unspecified atom stereocenters. The molecule has 0 saturated carbocycles. The van der Waals surface area contributed by atoms with Gasteiger partial charge in [0, 0.05) is 38.8 Å². The zero-order chi connectivity index (χ0) is 15.3. The van der Waals surface area contributed by atoms with Crippen LogP contribution >= 0.6 is 0 Å². The monoisotopic (exact) mass is 315 g/mol. The third-order valence-electron chi connectivity index (χ3n) is 3.84. The molecule has 1 atom stereocenters. The first-order valence-electron chi connectivity index (χ1n) is 7.37. The largest absolute Gasteiger partial charge is 0.383 e. The SMILES string of the molecule is COCCn1ccnc1CN1CCCC(CS(C)(=O)=O)C1. The van der Waals surface area contributed by atoms with Gasteiger partial charge >= 0.3 is 0 Å². The van der Waals surface area contributed by atoms with Crippen molar-refractivity contribution in [3.05, 3.63) is 18.2 Å². The maximum absolute atomic E-state index is 11.4. The van der Waals surface area contributed by atoms with E-state index in [0.717, 1.165) is 44.8 Å². The quantitative estimate of drug-likeness (QED) is 0.744. The predicted octanol–water partition coefficient (Wildman–Crippen LogP) is 0.786. The Kier molecular flexibility index (Phi) is 5.78. The number of rotatable bonds is 7. The highest BCUT2D eigenvalue weighted by molar-refractivity contribution is 7.90. The van der Waals surface area contributed by atoms with Crippen molar-refractivity contribution in [3.63, 3.8) is 0 Å². The maximum Gasteiger partial charge on any atom is 0.147 e. The van der Waals surface area contributed by atoms with E-state index in [1.54, 1.807) is 7.11 Å². The van der Waals surface area contributed by atoms with Crippen molar-refractivity contribution in [1.82, 2.24) is 14.5 Å². The number of ether oxygens (including phenoxy) is 1. The van der Waals surface area contributed by atoms with Crippen molar-refractivity contribution >= 4 is 9.84 Å². The van der Waals surface area contributed by atoms with Gasteiger partial charge in [-0.3, -0.25) is 4.90 Å². The van der Waals surface area contributed by atoms with E-state index in [1.807, 2.05) is 12.4 Å². The molecule has 2 rings (SSSR count). The fourth-order valence-electron chi connectivity index (χ4n) is 2.94. The number of aromatic nitrogens is 2. The molecule has 1 fully saturated rings. The number of sulfone groups is 1. The van der Waals surface area contributed by atoms with Crippen molar-refractivity contribution in [2.24, 2.45) is 5.92 Å². The molecule has 6 nitrogen and oxygen atoms in total. The van der Waals surface area contributed by atoms with Crippen LogP contribution in [0.2, 0.25) is 0 Å². The van der Waals surface area contributed by atoms with Crippen molar-refractivity contribution in [2.75, 3.05) is 38.8 Å². The Labute approximate surface area is 127 Å². The molecule has 1 aliphatic heterocycles. The molecule has 0 bridgehead atoms. The Morgan fingerprint density at radius 1 is 1.48 bits per heavy atom. The summed E-state index contributed by atoms with van der Waals surface area (Å²) in [7, 11) is -1.20. The summed E-state index contributed by atoms with van der Waals surface area (Å²) >= 11 is 0. The summed E-state index contributed by atoms with van der Waals surface area (Å²) in [5, 5.41) is 0. The van der Waals surface area contributed by atoms with Gasteiger partial charge in [0.25, 0.3) is 0 Å². The fourth-order valence-corrected chi connectivity index (χ4v) is 4.07. The highest BCUT2D eigenvalue weighted by atomic mass is 32.2. The molecule has 0 aromatic carbocycles. The number of likely N-dealkylation sites (tertiary alicyclic amines) is 1. The maximum atomic E-state index is 11.4. The van der Waals surface area contributed by atoms with Crippen LogP contribution in [0, 0.1) is 5.92 Å². The van der Waals surface area contributed by atoms with Crippen LogP contribution in [-0.4, -0.2) is 61.7 Å². The third kappa shape index (κ3) is 5.41. The molecule has 0 amide bonds. The summed E-state index contributed by atoms with van der Waals surface area (Å²) in [6.45, 7) is 4.09. The van der Waals surface area contributed by atoms with E-state index >= 15 is 0 Å². The van der Waals surface area contributed by atoms with Crippen molar-refractivity contribution in [1.29, 1.82) is 0 Å². The Hall–Kier alpha value is -0.920. The zero-order valence-electron chi connectivity index (χ0n) is 12.9. The van der Waals surface area contributed by atoms with E-state index in [9.17, 15) is 8.42 Å². The standard InChI is InChI=1S/C14H25N3O3S/c1-20-9-8-17-7-5-15-14(17)11-16-6-3-4-13(10-16)12-21(2,18)19/h5,7,13H,3-4,6,8-12H2,1-2H3. The molecule has 120 valence electrons. The van der Waals surface area contributed by atoms with Gasteiger partial charge in [-0.2, -0.15) is 0 Å². The minimum absolute atomic E-state index is 0.246. The predicted molar refractivity (Wildman–Crippen MR) is 81.8 cm³/mol. The highest BCUT2D eigenvalue weighted by Crippen LogP contribution is 2.19. The molecule has 7 heteroatoms. The molecule has 0 N–H and O–H groups in total. The topological polar surface area (TPSA) is 64.4 Å². The van der Waals surface area contributed by atoms with E-state index in [1.165, 1.54) is 6.26 Å². The Balaban J connectivity index is 1.92. The first-order chi connectivity index (χ1) is 9.98. The number of piperidine rings is 1. The third-order valence-corrected chi connectivity index (χ3v) is 4.92. The lowest BCUT2D eigenvalue weighted by atomic mass is 10.0. The Bertz CT molecular complexity index is 541. The highest BCUT2D eigenvalue weighted by Gasteiger charge is 2.23. The molecule has 1 aliphatic rings. The summed E-state index contributed by atoms with van der Waals surface area (Å²) in [5.74, 6) is 1.56. The zero-order valence-corrected chi connectivity index (χ0v) is 13.7. The van der Waals surface area contributed by atoms with Gasteiger partial charge in [0.05, 0.1) is 18.9 Å². The van der Waals surface area contributed by atoms with Gasteiger partial charge in [0.1, 0.15) is 15.7 Å². The average molecular weight is 315 g/mol. The van der Waals surface area contributed by atoms with Crippen LogP contribution in [0.3, 0.4) is 0 Å². The molecule has 0 aliphatic carbocycles. The number of nitrogens with zero attached hydrogens (tertiary/aromatic N) is 3. The molecule has 21 heavy (non-hydrogen) atoms. The lowest BCUT2D eigenvalue weighted by Crippen LogP contribution is -2.38. The van der Waals surface area contributed by atoms with Crippen LogP contribution in [0.1, 0.15) is 18.7 Å². The minimum Gasteiger partial charge on any atom is -0.383 e. The van der Waals surface area contributed by atoms with Crippen molar-refractivity contribution in [2.45, 2.75) is 25.9 Å². The number of methoxy groups -OCH3 is 1. The van der Waals surface area contributed by atoms with Gasteiger partial charge in [-0.05, 0) is 25.3 Å². The summed E-state index contributed by atoms with van der Waals surface area (Å²) in [4.78, 5) is 6.72. The second-order valence-corrected chi connectivity index (χ2v) is 8.05. The smallest absolute Gasteiger partial charge is 0.147 e. The molecule has 0 spiro atoms. The van der Waals surface area contributed by atoms with Crippen LogP contribution in [0.25, 0.3) is 0 Å². The van der Waals surface area contributed by atoms with Gasteiger partial charge in [0.2, 0.25) is 0 Å². The lowest BCUT2D eigenvalue weighted by molar-refractivity contribution is 0.165. The second-order valence-electron chi connectivity index (χ2n) is 5.87. The van der Waals surface area contributed by atoms with Gasteiger partial charge in [0.15, 0.2) is 0 Å². The first-order valence-corrected chi connectivity index (χ1v) is 9.43. The molecule has 0 radical (unpaired) electrons. The molecular weight excluding hydrogens is 290 g/mol. The summed E-state index contributed by atoms with van der Waals surface area (Å²) in [6.07, 6.45) is 7.15. The normalized spacial score (nSPS) is 20.8. The van der Waals surface area contributed by atoms with Crippen LogP contribution in [0.15, 0.2) is 12.4 Å². The summed E-state index contributed by atoms with van der Waals surface area (Å²) in [5.41, 5.74) is 0. The van der Waals surface area contributed by atoms with E-state index in [4.69, 9.17) is 4.74 Å². The van der Waals surface area contributed by atoms with E-state index in [2.05, 4.69) is 14.5 Å². The lowest BCUT2D eigenvalue weighted by Gasteiger charge is -2.32. The number of hydrogen-bond acceptors (Lipinski definition) is 5. The van der Waals surface area contributed by atoms with Gasteiger partial charge in [-0.1, -0.05) is 0 Å². The van der Waals surface area contributed by atoms with Crippen LogP contribution < -0.4 is 0 Å².